The summed E-state index contributed by atoms with van der Waals surface area (Å²) in [5.41, 5.74) is 5.91. The Hall–Kier alpha value is -1.72. The number of alkyl halides is 3. The lowest BCUT2D eigenvalue weighted by molar-refractivity contribution is -0.121. The van der Waals surface area contributed by atoms with Gasteiger partial charge in [0, 0.05) is 5.69 Å². The van der Waals surface area contributed by atoms with Gasteiger partial charge in [0.1, 0.15) is 17.3 Å². The lowest BCUT2D eigenvalue weighted by Gasteiger charge is -2.26. The van der Waals surface area contributed by atoms with E-state index in [0.29, 0.717) is 0 Å². The highest BCUT2D eigenvalue weighted by Gasteiger charge is 2.31. The van der Waals surface area contributed by atoms with E-state index in [4.69, 9.17) is 5.73 Å². The van der Waals surface area contributed by atoms with Gasteiger partial charge in [-0.15, -0.1) is 0 Å². The molecule has 0 unspecified atom stereocenters. The van der Waals surface area contributed by atoms with E-state index < -0.39 is 45.4 Å². The highest BCUT2D eigenvalue weighted by atomic mass is 32.2. The van der Waals surface area contributed by atoms with Gasteiger partial charge in [-0.05, 0) is 37.0 Å². The van der Waals surface area contributed by atoms with E-state index >= 15 is 0 Å². The second kappa shape index (κ2) is 8.53. The third-order valence-corrected chi connectivity index (χ3v) is 5.85. The number of hydrogen-bond donors (Lipinski definition) is 3. The molecule has 4 N–H and O–H groups in total. The minimum Gasteiger partial charge on any atom is -0.325 e. The Kier molecular flexibility index (Phi) is 6.82. The minimum atomic E-state index is -4.77. The van der Waals surface area contributed by atoms with Gasteiger partial charge in [-0.25, -0.2) is 17.5 Å². The van der Waals surface area contributed by atoms with E-state index in [1.54, 1.807) is 0 Å². The van der Waals surface area contributed by atoms with Gasteiger partial charge in [-0.2, -0.15) is 13.2 Å². The number of carbonyl (C=O) groups excluding carboxylic acids is 1. The van der Waals surface area contributed by atoms with Crippen LogP contribution in [0.25, 0.3) is 0 Å². The summed E-state index contributed by atoms with van der Waals surface area (Å²) in [7, 11) is -4.69. The molecule has 1 saturated carbocycles. The molecule has 6 nitrogen and oxygen atoms in total. The van der Waals surface area contributed by atoms with E-state index in [2.05, 4.69) is 5.32 Å². The van der Waals surface area contributed by atoms with Gasteiger partial charge in [0.05, 0.1) is 6.04 Å². The lowest BCUT2D eigenvalue weighted by Crippen LogP contribution is -2.42. The second-order valence-electron chi connectivity index (χ2n) is 6.50. The average molecular weight is 411 g/mol. The van der Waals surface area contributed by atoms with Crippen molar-refractivity contribution in [1.82, 2.24) is 4.72 Å². The van der Waals surface area contributed by atoms with Crippen LogP contribution in [0, 0.1) is 11.7 Å². The molecule has 0 bridgehead atoms. The summed E-state index contributed by atoms with van der Waals surface area (Å²) >= 11 is 0. The molecule has 1 amide bonds. The normalized spacial score (nSPS) is 17.5. The van der Waals surface area contributed by atoms with Crippen LogP contribution in [0.3, 0.4) is 0 Å². The Balaban J connectivity index is 2.06. The second-order valence-corrected chi connectivity index (χ2v) is 8.23. The summed E-state index contributed by atoms with van der Waals surface area (Å²) in [6, 6.07) is 1.84. The monoisotopic (exact) mass is 411 g/mol. The third kappa shape index (κ3) is 6.15. The number of nitrogens with one attached hydrogen (secondary N) is 2. The fourth-order valence-corrected chi connectivity index (χ4v) is 4.06. The topological polar surface area (TPSA) is 101 Å². The Morgan fingerprint density at radius 2 is 1.85 bits per heavy atom. The Morgan fingerprint density at radius 3 is 2.41 bits per heavy atom. The molecule has 1 aliphatic carbocycles. The zero-order valence-corrected chi connectivity index (χ0v) is 15.2. The van der Waals surface area contributed by atoms with Crippen LogP contribution in [0.15, 0.2) is 23.1 Å². The van der Waals surface area contributed by atoms with Crippen LogP contribution in [0.4, 0.5) is 23.2 Å². The fraction of sp³-hybridized carbons (Fsp3) is 0.562. The Bertz CT molecular complexity index is 778. The van der Waals surface area contributed by atoms with Crippen LogP contribution < -0.4 is 15.8 Å². The molecule has 11 heteroatoms. The van der Waals surface area contributed by atoms with Crippen LogP contribution in [0.5, 0.6) is 0 Å². The van der Waals surface area contributed by atoms with Crippen molar-refractivity contribution in [3.05, 3.63) is 24.0 Å². The molecule has 0 radical (unpaired) electrons. The molecule has 1 aromatic carbocycles. The molecular weight excluding hydrogens is 390 g/mol. The highest BCUT2D eigenvalue weighted by Crippen LogP contribution is 2.26. The Morgan fingerprint density at radius 1 is 1.22 bits per heavy atom. The van der Waals surface area contributed by atoms with Gasteiger partial charge in [0.2, 0.25) is 15.9 Å². The van der Waals surface area contributed by atoms with Crippen LogP contribution in [0.1, 0.15) is 32.1 Å². The van der Waals surface area contributed by atoms with Gasteiger partial charge in [-0.3, -0.25) is 4.79 Å². The molecule has 0 aromatic heterocycles. The fourth-order valence-electron chi connectivity index (χ4n) is 2.98. The molecule has 1 aromatic rings. The van der Waals surface area contributed by atoms with Crippen molar-refractivity contribution in [3.8, 4) is 0 Å². The summed E-state index contributed by atoms with van der Waals surface area (Å²) in [5.74, 6) is -1.78. The minimum absolute atomic E-state index is 0.0230. The zero-order valence-electron chi connectivity index (χ0n) is 14.4. The van der Waals surface area contributed by atoms with Gasteiger partial charge in [-0.1, -0.05) is 19.3 Å². The summed E-state index contributed by atoms with van der Waals surface area (Å²) in [5, 5.41) is 2.42. The smallest absolute Gasteiger partial charge is 0.325 e. The van der Waals surface area contributed by atoms with Crippen LogP contribution in [-0.2, 0) is 14.8 Å². The van der Waals surface area contributed by atoms with Crippen molar-refractivity contribution in [2.24, 2.45) is 11.7 Å². The molecule has 27 heavy (non-hydrogen) atoms. The largest absolute Gasteiger partial charge is 0.402 e. The van der Waals surface area contributed by atoms with E-state index in [0.717, 1.165) is 50.3 Å². The van der Waals surface area contributed by atoms with Crippen molar-refractivity contribution < 1.29 is 30.8 Å². The zero-order chi connectivity index (χ0) is 20.2. The van der Waals surface area contributed by atoms with Gasteiger partial charge >= 0.3 is 6.18 Å². The van der Waals surface area contributed by atoms with Crippen molar-refractivity contribution in [1.29, 1.82) is 0 Å². The molecule has 152 valence electrons. The number of nitrogens with two attached hydrogens (primary N) is 1. The number of sulfonamides is 1. The van der Waals surface area contributed by atoms with Crippen molar-refractivity contribution in [2.45, 2.75) is 49.2 Å². The van der Waals surface area contributed by atoms with E-state index in [1.165, 1.54) is 4.72 Å². The van der Waals surface area contributed by atoms with Crippen molar-refractivity contribution in [2.75, 3.05) is 11.9 Å². The predicted octanol–water partition coefficient (Wildman–Crippen LogP) is 2.51. The molecule has 0 aliphatic heterocycles. The number of anilines is 1. The van der Waals surface area contributed by atoms with Gasteiger partial charge in [0.15, 0.2) is 0 Å². The van der Waals surface area contributed by atoms with Crippen LogP contribution >= 0.6 is 0 Å². The standard InChI is InChI=1S/C16H21F4N3O3S/c17-12-8-11(23-15(24)14(21)10-4-2-1-3-5-10)6-7-13(12)27(25,26)22-9-16(18,19)20/h6-8,10,14,22H,1-5,9,21H2,(H,23,24)/t14-/m0/s1. The number of hydrogen-bond acceptors (Lipinski definition) is 4. The van der Waals surface area contributed by atoms with E-state index in [9.17, 15) is 30.8 Å². The maximum atomic E-state index is 14.1. The summed E-state index contributed by atoms with van der Waals surface area (Å²) in [6.45, 7) is -1.82. The molecular formula is C16H21F4N3O3S. The SMILES string of the molecule is N[C@H](C(=O)Nc1ccc(S(=O)(=O)NCC(F)(F)F)c(F)c1)C1CCCCC1. The number of halogens is 4. The Labute approximate surface area is 154 Å². The van der Waals surface area contributed by atoms with Gasteiger partial charge in [0.25, 0.3) is 0 Å². The molecule has 0 saturated heterocycles. The van der Waals surface area contributed by atoms with Crippen LogP contribution in [-0.4, -0.2) is 33.1 Å². The van der Waals surface area contributed by atoms with E-state index in [-0.39, 0.29) is 11.6 Å². The number of rotatable bonds is 6. The van der Waals surface area contributed by atoms with Gasteiger partial charge < -0.3 is 11.1 Å². The highest BCUT2D eigenvalue weighted by molar-refractivity contribution is 7.89. The third-order valence-electron chi connectivity index (χ3n) is 4.41. The average Bonchev–Trinajstić information content (AvgIpc) is 2.59. The number of benzene rings is 1. The summed E-state index contributed by atoms with van der Waals surface area (Å²) in [6.07, 6.45) is -0.0629. The molecule has 0 heterocycles. The molecule has 1 aliphatic rings. The number of amides is 1. The van der Waals surface area contributed by atoms with Crippen molar-refractivity contribution >= 4 is 21.6 Å². The van der Waals surface area contributed by atoms with E-state index in [1.807, 2.05) is 0 Å². The maximum absolute atomic E-state index is 14.1. The molecule has 0 spiro atoms. The first-order chi connectivity index (χ1) is 12.5. The first kappa shape index (κ1) is 21.6. The first-order valence-electron chi connectivity index (χ1n) is 8.42. The predicted molar refractivity (Wildman–Crippen MR) is 90.8 cm³/mol. The van der Waals surface area contributed by atoms with Crippen molar-refractivity contribution in [3.63, 3.8) is 0 Å². The summed E-state index contributed by atoms with van der Waals surface area (Å²) in [4.78, 5) is 11.3. The summed E-state index contributed by atoms with van der Waals surface area (Å²) < 4.78 is 75.4. The first-order valence-corrected chi connectivity index (χ1v) is 9.90. The van der Waals surface area contributed by atoms with Crippen LogP contribution in [0.2, 0.25) is 0 Å². The maximum Gasteiger partial charge on any atom is 0.402 e. The lowest BCUT2D eigenvalue weighted by atomic mass is 9.84. The molecule has 1 fully saturated rings. The quantitative estimate of drug-likeness (QED) is 0.626. The molecule has 2 rings (SSSR count). The number of carbonyl (C=O) groups is 1. The molecule has 1 atom stereocenters.